The molecule has 1 aliphatic rings. The number of para-hydroxylation sites is 1. The second-order valence-electron chi connectivity index (χ2n) is 8.63. The first kappa shape index (κ1) is 22.1. The van der Waals surface area contributed by atoms with Crippen LogP contribution in [0.5, 0.6) is 5.75 Å². The summed E-state index contributed by atoms with van der Waals surface area (Å²) in [5, 5.41) is 3.15. The number of hydrogen-bond donors (Lipinski definition) is 3. The molecule has 0 aliphatic carbocycles. The third-order valence-electron chi connectivity index (χ3n) is 6.24. The van der Waals surface area contributed by atoms with E-state index in [9.17, 15) is 4.79 Å². The molecule has 1 heterocycles. The van der Waals surface area contributed by atoms with Crippen molar-refractivity contribution in [2.45, 2.75) is 13.5 Å². The zero-order chi connectivity index (χ0) is 22.3. The summed E-state index contributed by atoms with van der Waals surface area (Å²) in [5.74, 6) is 1.04. The minimum atomic E-state index is 0.0761. The van der Waals surface area contributed by atoms with Crippen molar-refractivity contribution < 1.29 is 19.3 Å². The van der Waals surface area contributed by atoms with Crippen LogP contribution in [0.3, 0.4) is 0 Å². The van der Waals surface area contributed by atoms with E-state index in [0.717, 1.165) is 55.3 Å². The van der Waals surface area contributed by atoms with Gasteiger partial charge in [0.2, 0.25) is 0 Å². The van der Waals surface area contributed by atoms with Crippen LogP contribution in [0.4, 0.5) is 5.69 Å². The maximum Gasteiger partial charge on any atom is 0.279 e. The highest BCUT2D eigenvalue weighted by atomic mass is 16.5. The van der Waals surface area contributed by atoms with E-state index in [1.165, 1.54) is 16.0 Å². The van der Waals surface area contributed by atoms with Crippen molar-refractivity contribution in [3.63, 3.8) is 0 Å². The molecule has 5 heteroatoms. The Labute approximate surface area is 190 Å². The predicted octanol–water partition coefficient (Wildman–Crippen LogP) is 1.59. The number of nitrogens with one attached hydrogen (secondary N) is 3. The van der Waals surface area contributed by atoms with Gasteiger partial charge in [0.15, 0.2) is 6.54 Å². The fraction of sp³-hybridized carbons (Fsp3) is 0.296. The highest BCUT2D eigenvalue weighted by molar-refractivity contribution is 5.96. The van der Waals surface area contributed by atoms with Gasteiger partial charge in [-0.3, -0.25) is 4.79 Å². The molecule has 3 aromatic carbocycles. The fourth-order valence-electron chi connectivity index (χ4n) is 4.51. The Bertz CT molecular complexity index is 1040. The number of ether oxygens (including phenoxy) is 1. The molecule has 0 bridgehead atoms. The van der Waals surface area contributed by atoms with Crippen LogP contribution in [0.2, 0.25) is 0 Å². The summed E-state index contributed by atoms with van der Waals surface area (Å²) < 4.78 is 5.54. The summed E-state index contributed by atoms with van der Waals surface area (Å²) >= 11 is 0. The number of rotatable bonds is 7. The van der Waals surface area contributed by atoms with Crippen molar-refractivity contribution in [3.8, 4) is 16.9 Å². The summed E-state index contributed by atoms with van der Waals surface area (Å²) in [5.41, 5.74) is 5.56. The molecule has 0 aromatic heterocycles. The SMILES string of the molecule is COc1ccc(C)cc1C[NH+]1CC[NH+](CC(=O)Nc2ccccc2-c2ccccc2)CC1. The number of methoxy groups -OCH3 is 1. The highest BCUT2D eigenvalue weighted by Gasteiger charge is 2.26. The van der Waals surface area contributed by atoms with E-state index < -0.39 is 0 Å². The summed E-state index contributed by atoms with van der Waals surface area (Å²) in [6, 6.07) is 24.6. The molecular weight excluding hydrogens is 398 g/mol. The first-order chi connectivity index (χ1) is 15.6. The second kappa shape index (κ2) is 10.4. The van der Waals surface area contributed by atoms with E-state index in [-0.39, 0.29) is 5.91 Å². The van der Waals surface area contributed by atoms with Crippen LogP contribution < -0.4 is 19.9 Å². The van der Waals surface area contributed by atoms with E-state index in [4.69, 9.17) is 4.74 Å². The number of hydrogen-bond acceptors (Lipinski definition) is 2. The third kappa shape index (κ3) is 5.55. The van der Waals surface area contributed by atoms with Gasteiger partial charge in [-0.2, -0.15) is 0 Å². The van der Waals surface area contributed by atoms with Crippen molar-refractivity contribution in [1.82, 2.24) is 0 Å². The molecule has 4 rings (SSSR count). The zero-order valence-electron chi connectivity index (χ0n) is 19.0. The van der Waals surface area contributed by atoms with Gasteiger partial charge in [0.1, 0.15) is 38.5 Å². The van der Waals surface area contributed by atoms with E-state index in [1.54, 1.807) is 12.0 Å². The Morgan fingerprint density at radius 2 is 1.59 bits per heavy atom. The fourth-order valence-corrected chi connectivity index (χ4v) is 4.51. The molecule has 166 valence electrons. The minimum Gasteiger partial charge on any atom is -0.496 e. The highest BCUT2D eigenvalue weighted by Crippen LogP contribution is 2.27. The molecule has 32 heavy (non-hydrogen) atoms. The average molecular weight is 432 g/mol. The Hall–Kier alpha value is -3.15. The molecule has 1 fully saturated rings. The van der Waals surface area contributed by atoms with Crippen LogP contribution >= 0.6 is 0 Å². The van der Waals surface area contributed by atoms with Crippen molar-refractivity contribution in [2.75, 3.05) is 45.2 Å². The van der Waals surface area contributed by atoms with Gasteiger partial charge in [0.25, 0.3) is 5.91 Å². The van der Waals surface area contributed by atoms with Crippen molar-refractivity contribution in [3.05, 3.63) is 83.9 Å². The van der Waals surface area contributed by atoms with Gasteiger partial charge >= 0.3 is 0 Å². The van der Waals surface area contributed by atoms with Crippen LogP contribution in [-0.2, 0) is 11.3 Å². The molecule has 0 atom stereocenters. The standard InChI is InChI=1S/C27H31N3O2/c1-21-12-13-26(32-2)23(18-21)19-29-14-16-30(17-15-29)20-27(31)28-25-11-7-6-10-24(25)22-8-4-3-5-9-22/h3-13,18H,14-17,19-20H2,1-2H3,(H,28,31)/p+2. The summed E-state index contributed by atoms with van der Waals surface area (Å²) in [7, 11) is 1.74. The maximum atomic E-state index is 12.8. The van der Waals surface area contributed by atoms with Crippen molar-refractivity contribution in [2.24, 2.45) is 0 Å². The predicted molar refractivity (Wildman–Crippen MR) is 128 cm³/mol. The molecule has 1 aliphatic heterocycles. The van der Waals surface area contributed by atoms with Crippen LogP contribution in [0.25, 0.3) is 11.1 Å². The normalized spacial score (nSPS) is 18.2. The smallest absolute Gasteiger partial charge is 0.279 e. The molecule has 1 amide bonds. The molecule has 3 aromatic rings. The van der Waals surface area contributed by atoms with Gasteiger partial charge in [-0.05, 0) is 30.7 Å². The number of piperazine rings is 1. The summed E-state index contributed by atoms with van der Waals surface area (Å²) in [6.07, 6.45) is 0. The zero-order valence-corrected chi connectivity index (χ0v) is 19.0. The van der Waals surface area contributed by atoms with Crippen molar-refractivity contribution >= 4 is 11.6 Å². The van der Waals surface area contributed by atoms with E-state index in [2.05, 4.69) is 48.6 Å². The topological polar surface area (TPSA) is 47.2 Å². The van der Waals surface area contributed by atoms with Crippen LogP contribution in [0.15, 0.2) is 72.8 Å². The van der Waals surface area contributed by atoms with Crippen LogP contribution in [0, 0.1) is 6.92 Å². The van der Waals surface area contributed by atoms with Gasteiger partial charge in [-0.1, -0.05) is 60.2 Å². The lowest BCUT2D eigenvalue weighted by Gasteiger charge is -2.29. The van der Waals surface area contributed by atoms with Crippen molar-refractivity contribution in [1.29, 1.82) is 0 Å². The monoisotopic (exact) mass is 431 g/mol. The maximum absolute atomic E-state index is 12.8. The molecule has 0 unspecified atom stereocenters. The minimum absolute atomic E-state index is 0.0761. The first-order valence-corrected chi connectivity index (χ1v) is 11.4. The number of quaternary nitrogens is 2. The van der Waals surface area contributed by atoms with Gasteiger partial charge in [-0.15, -0.1) is 0 Å². The first-order valence-electron chi connectivity index (χ1n) is 11.4. The number of carbonyl (C=O) groups is 1. The Balaban J connectivity index is 1.31. The second-order valence-corrected chi connectivity index (χ2v) is 8.63. The van der Waals surface area contributed by atoms with E-state index in [1.807, 2.05) is 36.4 Å². The average Bonchev–Trinajstić information content (AvgIpc) is 2.81. The molecular formula is C27H33N3O2+2. The Kier molecular flexibility index (Phi) is 7.20. The summed E-state index contributed by atoms with van der Waals surface area (Å²) in [6.45, 7) is 7.70. The molecule has 5 nitrogen and oxygen atoms in total. The molecule has 0 spiro atoms. The summed E-state index contributed by atoms with van der Waals surface area (Å²) in [4.78, 5) is 15.7. The van der Waals surface area contributed by atoms with E-state index >= 15 is 0 Å². The Morgan fingerprint density at radius 1 is 0.906 bits per heavy atom. The lowest BCUT2D eigenvalue weighted by atomic mass is 10.0. The van der Waals surface area contributed by atoms with Gasteiger partial charge in [-0.25, -0.2) is 0 Å². The molecule has 0 saturated carbocycles. The molecule has 3 N–H and O–H groups in total. The lowest BCUT2D eigenvalue weighted by Crippen LogP contribution is -3.28. The number of aryl methyl sites for hydroxylation is 1. The third-order valence-corrected chi connectivity index (χ3v) is 6.24. The van der Waals surface area contributed by atoms with Gasteiger partial charge in [0, 0.05) is 16.8 Å². The van der Waals surface area contributed by atoms with Crippen LogP contribution in [0.1, 0.15) is 11.1 Å². The van der Waals surface area contributed by atoms with Gasteiger partial charge in [0.05, 0.1) is 7.11 Å². The van der Waals surface area contributed by atoms with Gasteiger partial charge < -0.3 is 19.9 Å². The van der Waals surface area contributed by atoms with Crippen LogP contribution in [-0.4, -0.2) is 45.7 Å². The number of amides is 1. The number of anilines is 1. The number of benzene rings is 3. The molecule has 1 saturated heterocycles. The van der Waals surface area contributed by atoms with E-state index in [0.29, 0.717) is 6.54 Å². The quantitative estimate of drug-likeness (QED) is 0.532. The number of carbonyl (C=O) groups excluding carboxylic acids is 1. The lowest BCUT2D eigenvalue weighted by molar-refractivity contribution is -1.02. The Morgan fingerprint density at radius 3 is 2.34 bits per heavy atom. The molecule has 0 radical (unpaired) electrons. The largest absolute Gasteiger partial charge is 0.496 e.